The molecular weight excluding hydrogens is 234 g/mol. The van der Waals surface area contributed by atoms with Crippen molar-refractivity contribution in [3.05, 3.63) is 24.3 Å². The number of benzene rings is 1. The van der Waals surface area contributed by atoms with Crippen molar-refractivity contribution in [1.29, 1.82) is 0 Å². The van der Waals surface area contributed by atoms with Gasteiger partial charge in [-0.15, -0.1) is 0 Å². The molecule has 1 aromatic carbocycles. The van der Waals surface area contributed by atoms with E-state index in [0.717, 1.165) is 6.54 Å². The van der Waals surface area contributed by atoms with Crippen LogP contribution in [0, 0.1) is 0 Å². The fourth-order valence-corrected chi connectivity index (χ4v) is 3.11. The van der Waals surface area contributed by atoms with Crippen molar-refractivity contribution in [1.82, 2.24) is 5.32 Å². The highest BCUT2D eigenvalue weighted by molar-refractivity contribution is 5.55. The van der Waals surface area contributed by atoms with Crippen molar-refractivity contribution < 1.29 is 0 Å². The van der Waals surface area contributed by atoms with E-state index < -0.39 is 0 Å². The van der Waals surface area contributed by atoms with E-state index in [2.05, 4.69) is 39.8 Å². The molecule has 2 heterocycles. The highest BCUT2D eigenvalue weighted by atomic mass is 15.1. The van der Waals surface area contributed by atoms with E-state index in [4.69, 9.17) is 0 Å². The molecule has 0 amide bonds. The summed E-state index contributed by atoms with van der Waals surface area (Å²) in [6.07, 6.45) is 6.70. The zero-order valence-electron chi connectivity index (χ0n) is 11.7. The molecule has 2 saturated heterocycles. The van der Waals surface area contributed by atoms with Gasteiger partial charge in [-0.1, -0.05) is 0 Å². The Bertz CT molecular complexity index is 375. The maximum atomic E-state index is 3.54. The van der Waals surface area contributed by atoms with E-state index in [1.165, 1.54) is 63.1 Å². The maximum Gasteiger partial charge on any atom is 0.0367 e. The van der Waals surface area contributed by atoms with Gasteiger partial charge in [-0.25, -0.2) is 0 Å². The summed E-state index contributed by atoms with van der Waals surface area (Å²) in [6.45, 7) is 4.67. The van der Waals surface area contributed by atoms with Gasteiger partial charge in [-0.05, 0) is 62.9 Å². The van der Waals surface area contributed by atoms with Crippen LogP contribution in [0.4, 0.5) is 11.4 Å². The minimum absolute atomic E-state index is 0.654. The van der Waals surface area contributed by atoms with Gasteiger partial charge in [0.2, 0.25) is 0 Å². The van der Waals surface area contributed by atoms with E-state index in [1.54, 1.807) is 0 Å². The predicted octanol–water partition coefficient (Wildman–Crippen LogP) is 2.84. The molecule has 0 aromatic heterocycles. The highest BCUT2D eigenvalue weighted by Gasteiger charge is 2.13. The lowest BCUT2D eigenvalue weighted by Crippen LogP contribution is -2.30. The average molecular weight is 259 g/mol. The Kier molecular flexibility index (Phi) is 4.23. The third-order valence-corrected chi connectivity index (χ3v) is 4.30. The van der Waals surface area contributed by atoms with Crippen molar-refractivity contribution in [3.8, 4) is 0 Å². The van der Waals surface area contributed by atoms with Crippen LogP contribution in [-0.2, 0) is 0 Å². The van der Waals surface area contributed by atoms with Crippen LogP contribution in [0.1, 0.15) is 32.1 Å². The summed E-state index contributed by atoms with van der Waals surface area (Å²) in [5.74, 6) is 0. The molecule has 0 radical (unpaired) electrons. The van der Waals surface area contributed by atoms with E-state index in [0.29, 0.717) is 6.04 Å². The van der Waals surface area contributed by atoms with Crippen LogP contribution in [0.15, 0.2) is 24.3 Å². The Morgan fingerprint density at radius 1 is 1.05 bits per heavy atom. The molecule has 1 atom stereocenters. The van der Waals surface area contributed by atoms with Crippen LogP contribution in [-0.4, -0.2) is 32.2 Å². The lowest BCUT2D eigenvalue weighted by molar-refractivity contribution is 0.578. The molecule has 2 aliphatic rings. The Hall–Kier alpha value is -1.22. The summed E-state index contributed by atoms with van der Waals surface area (Å²) in [7, 11) is 0. The number of hydrogen-bond donors (Lipinski definition) is 2. The van der Waals surface area contributed by atoms with Crippen LogP contribution < -0.4 is 15.5 Å². The number of piperidine rings is 1. The second-order valence-corrected chi connectivity index (χ2v) is 5.77. The minimum atomic E-state index is 0.654. The average Bonchev–Trinajstić information content (AvgIpc) is 3.00. The second kappa shape index (κ2) is 6.29. The van der Waals surface area contributed by atoms with Gasteiger partial charge in [-0.2, -0.15) is 0 Å². The molecule has 0 spiro atoms. The molecule has 1 aromatic rings. The molecule has 0 bridgehead atoms. The first kappa shape index (κ1) is 12.8. The van der Waals surface area contributed by atoms with Gasteiger partial charge in [0.1, 0.15) is 0 Å². The van der Waals surface area contributed by atoms with Gasteiger partial charge in [-0.3, -0.25) is 0 Å². The number of anilines is 2. The summed E-state index contributed by atoms with van der Waals surface area (Å²) in [4.78, 5) is 2.51. The molecule has 2 fully saturated rings. The number of hydrogen-bond acceptors (Lipinski definition) is 3. The van der Waals surface area contributed by atoms with Crippen molar-refractivity contribution in [2.75, 3.05) is 36.4 Å². The van der Waals surface area contributed by atoms with Gasteiger partial charge in [0.05, 0.1) is 0 Å². The topological polar surface area (TPSA) is 27.3 Å². The van der Waals surface area contributed by atoms with E-state index in [-0.39, 0.29) is 0 Å². The first-order valence-electron chi connectivity index (χ1n) is 7.74. The molecule has 3 heteroatoms. The zero-order chi connectivity index (χ0) is 12.9. The largest absolute Gasteiger partial charge is 0.383 e. The second-order valence-electron chi connectivity index (χ2n) is 5.77. The Labute approximate surface area is 116 Å². The van der Waals surface area contributed by atoms with E-state index in [1.807, 2.05) is 0 Å². The van der Waals surface area contributed by atoms with Gasteiger partial charge < -0.3 is 15.5 Å². The normalized spacial score (nSPS) is 23.6. The summed E-state index contributed by atoms with van der Waals surface area (Å²) >= 11 is 0. The fraction of sp³-hybridized carbons (Fsp3) is 0.625. The molecule has 3 nitrogen and oxygen atoms in total. The first-order chi connectivity index (χ1) is 9.42. The quantitative estimate of drug-likeness (QED) is 0.870. The molecular formula is C16H25N3. The summed E-state index contributed by atoms with van der Waals surface area (Å²) < 4.78 is 0. The Balaban J connectivity index is 1.52. The zero-order valence-corrected chi connectivity index (χ0v) is 11.7. The molecule has 2 N–H and O–H groups in total. The molecule has 2 aliphatic heterocycles. The van der Waals surface area contributed by atoms with Gasteiger partial charge in [0.15, 0.2) is 0 Å². The molecule has 0 saturated carbocycles. The SMILES string of the molecule is c1cc(N2CCCCC2)ccc1NCC1CCCN1. The van der Waals surface area contributed by atoms with Gasteiger partial charge in [0.25, 0.3) is 0 Å². The van der Waals surface area contributed by atoms with Crippen molar-refractivity contribution in [2.45, 2.75) is 38.1 Å². The van der Waals surface area contributed by atoms with Crippen LogP contribution in [0.2, 0.25) is 0 Å². The maximum absolute atomic E-state index is 3.54. The predicted molar refractivity (Wildman–Crippen MR) is 82.0 cm³/mol. The summed E-state index contributed by atoms with van der Waals surface area (Å²) in [5.41, 5.74) is 2.62. The van der Waals surface area contributed by atoms with Gasteiger partial charge >= 0.3 is 0 Å². The van der Waals surface area contributed by atoms with Crippen molar-refractivity contribution in [3.63, 3.8) is 0 Å². The number of rotatable bonds is 4. The molecule has 104 valence electrons. The number of nitrogens with zero attached hydrogens (tertiary/aromatic N) is 1. The monoisotopic (exact) mass is 259 g/mol. The van der Waals surface area contributed by atoms with E-state index in [9.17, 15) is 0 Å². The lowest BCUT2D eigenvalue weighted by Gasteiger charge is -2.29. The van der Waals surface area contributed by atoms with Crippen molar-refractivity contribution >= 4 is 11.4 Å². The Morgan fingerprint density at radius 2 is 1.84 bits per heavy atom. The molecule has 19 heavy (non-hydrogen) atoms. The summed E-state index contributed by atoms with van der Waals surface area (Å²) in [5, 5.41) is 7.05. The molecule has 1 unspecified atom stereocenters. The van der Waals surface area contributed by atoms with Crippen LogP contribution in [0.5, 0.6) is 0 Å². The fourth-order valence-electron chi connectivity index (χ4n) is 3.11. The lowest BCUT2D eigenvalue weighted by atomic mass is 10.1. The van der Waals surface area contributed by atoms with Crippen LogP contribution >= 0.6 is 0 Å². The molecule has 0 aliphatic carbocycles. The van der Waals surface area contributed by atoms with Crippen LogP contribution in [0.25, 0.3) is 0 Å². The van der Waals surface area contributed by atoms with E-state index >= 15 is 0 Å². The highest BCUT2D eigenvalue weighted by Crippen LogP contribution is 2.21. The standard InChI is InChI=1S/C16H25N3/c1-2-11-19(12-3-1)16-8-6-14(7-9-16)18-13-15-5-4-10-17-15/h6-9,15,17-18H,1-5,10-13H2. The van der Waals surface area contributed by atoms with Gasteiger partial charge in [0, 0.05) is 37.1 Å². The summed E-state index contributed by atoms with van der Waals surface area (Å²) in [6, 6.07) is 9.62. The smallest absolute Gasteiger partial charge is 0.0367 e. The third-order valence-electron chi connectivity index (χ3n) is 4.30. The third kappa shape index (κ3) is 3.41. The van der Waals surface area contributed by atoms with Crippen LogP contribution in [0.3, 0.4) is 0 Å². The van der Waals surface area contributed by atoms with Crippen molar-refractivity contribution in [2.24, 2.45) is 0 Å². The Morgan fingerprint density at radius 3 is 2.53 bits per heavy atom. The number of nitrogens with one attached hydrogen (secondary N) is 2. The minimum Gasteiger partial charge on any atom is -0.383 e. The molecule has 3 rings (SSSR count). The first-order valence-corrected chi connectivity index (χ1v) is 7.74.